The van der Waals surface area contributed by atoms with Crippen molar-refractivity contribution in [1.29, 1.82) is 0 Å². The zero-order valence-electron chi connectivity index (χ0n) is 17.9. The number of imidazole rings is 2. The van der Waals surface area contributed by atoms with E-state index >= 15 is 0 Å². The molecule has 2 aliphatic heterocycles. The highest BCUT2D eigenvalue weighted by molar-refractivity contribution is 6.05. The largest absolute Gasteiger partial charge is 0.341 e. The van der Waals surface area contributed by atoms with Crippen LogP contribution in [0.5, 0.6) is 0 Å². The molecule has 4 N–H and O–H groups in total. The second kappa shape index (κ2) is 7.15. The molecule has 0 saturated carbocycles. The van der Waals surface area contributed by atoms with Gasteiger partial charge in [-0.15, -0.1) is 0 Å². The maximum Gasteiger partial charge on any atom is 0.124 e. The molecule has 2 aliphatic rings. The number of rotatable bonds is 3. The number of nitrogens with zero attached hydrogens (tertiary/aromatic N) is 2. The van der Waals surface area contributed by atoms with Crippen LogP contribution in [0.15, 0.2) is 48.5 Å². The predicted octanol–water partition coefficient (Wildman–Crippen LogP) is 5.11. The molecule has 0 bridgehead atoms. The van der Waals surface area contributed by atoms with Gasteiger partial charge in [-0.05, 0) is 79.6 Å². The lowest BCUT2D eigenvalue weighted by molar-refractivity contribution is 0.614. The smallest absolute Gasteiger partial charge is 0.124 e. The molecule has 2 fully saturated rings. The summed E-state index contributed by atoms with van der Waals surface area (Å²) in [6, 6.07) is 18.3. The Bertz CT molecular complexity index is 1450. The van der Waals surface area contributed by atoms with Gasteiger partial charge in [0.1, 0.15) is 11.6 Å². The molecule has 2 atom stereocenters. The fraction of sp³-hybridized carbons (Fsp3) is 0.308. The number of hydrogen-bond acceptors (Lipinski definition) is 4. The monoisotopic (exact) mass is 422 g/mol. The molecule has 2 aromatic heterocycles. The van der Waals surface area contributed by atoms with Gasteiger partial charge in [-0.2, -0.15) is 0 Å². The number of aromatic nitrogens is 4. The molecule has 0 spiro atoms. The maximum absolute atomic E-state index is 4.97. The van der Waals surface area contributed by atoms with Crippen LogP contribution in [0.4, 0.5) is 0 Å². The van der Waals surface area contributed by atoms with Crippen molar-refractivity contribution in [3.63, 3.8) is 0 Å². The highest BCUT2D eigenvalue weighted by Gasteiger charge is 2.21. The third-order valence-corrected chi connectivity index (χ3v) is 7.10. The number of aromatic amines is 2. The summed E-state index contributed by atoms with van der Waals surface area (Å²) in [5.74, 6) is 2.12. The summed E-state index contributed by atoms with van der Waals surface area (Å²) in [6.45, 7) is 2.15. The first-order valence-electron chi connectivity index (χ1n) is 11.7. The Labute approximate surface area is 185 Å². The van der Waals surface area contributed by atoms with Crippen molar-refractivity contribution < 1.29 is 0 Å². The molecule has 0 amide bonds. The highest BCUT2D eigenvalue weighted by atomic mass is 15.0. The molecule has 0 radical (unpaired) electrons. The van der Waals surface area contributed by atoms with Crippen molar-refractivity contribution in [2.45, 2.75) is 37.8 Å². The number of H-pyrrole nitrogens is 2. The van der Waals surface area contributed by atoms with Crippen LogP contribution < -0.4 is 10.6 Å². The maximum atomic E-state index is 4.97. The lowest BCUT2D eigenvalue weighted by atomic mass is 10.0. The van der Waals surface area contributed by atoms with Crippen LogP contribution in [0.1, 0.15) is 49.4 Å². The van der Waals surface area contributed by atoms with Crippen LogP contribution in [0.25, 0.3) is 44.0 Å². The molecule has 2 saturated heterocycles. The molecular weight excluding hydrogens is 396 g/mol. The lowest BCUT2D eigenvalue weighted by Gasteiger charge is -2.05. The second-order valence-electron chi connectivity index (χ2n) is 9.17. The summed E-state index contributed by atoms with van der Waals surface area (Å²) in [7, 11) is 0. The molecule has 6 heteroatoms. The van der Waals surface area contributed by atoms with Crippen LogP contribution >= 0.6 is 0 Å². The minimum atomic E-state index is 0.349. The quantitative estimate of drug-likeness (QED) is 0.326. The van der Waals surface area contributed by atoms with E-state index < -0.39 is 0 Å². The molecule has 160 valence electrons. The second-order valence-corrected chi connectivity index (χ2v) is 9.17. The molecule has 0 aliphatic carbocycles. The molecule has 0 unspecified atom stereocenters. The molecular formula is C26H26N6. The molecule has 7 rings (SSSR count). The molecule has 32 heavy (non-hydrogen) atoms. The topological polar surface area (TPSA) is 81.4 Å². The van der Waals surface area contributed by atoms with E-state index in [2.05, 4.69) is 69.1 Å². The van der Waals surface area contributed by atoms with E-state index in [0.717, 1.165) is 59.6 Å². The Kier molecular flexibility index (Phi) is 4.10. The summed E-state index contributed by atoms with van der Waals surface area (Å²) >= 11 is 0. The van der Waals surface area contributed by atoms with Crippen LogP contribution in [0.2, 0.25) is 0 Å². The number of benzene rings is 3. The van der Waals surface area contributed by atoms with Crippen LogP contribution in [0.3, 0.4) is 0 Å². The van der Waals surface area contributed by atoms with Crippen molar-refractivity contribution in [3.05, 3.63) is 60.2 Å². The van der Waals surface area contributed by atoms with Gasteiger partial charge in [-0.3, -0.25) is 0 Å². The zero-order valence-corrected chi connectivity index (χ0v) is 17.9. The van der Waals surface area contributed by atoms with Gasteiger partial charge in [0.2, 0.25) is 0 Å². The van der Waals surface area contributed by atoms with E-state index in [1.54, 1.807) is 0 Å². The van der Waals surface area contributed by atoms with E-state index in [1.807, 2.05) is 0 Å². The van der Waals surface area contributed by atoms with E-state index in [-0.39, 0.29) is 0 Å². The van der Waals surface area contributed by atoms with Crippen LogP contribution in [0, 0.1) is 0 Å². The molecule has 5 aromatic rings. The van der Waals surface area contributed by atoms with Crippen molar-refractivity contribution in [2.75, 3.05) is 13.1 Å². The van der Waals surface area contributed by atoms with Crippen molar-refractivity contribution in [1.82, 2.24) is 30.6 Å². The molecule has 6 nitrogen and oxygen atoms in total. The van der Waals surface area contributed by atoms with Crippen molar-refractivity contribution in [2.24, 2.45) is 0 Å². The summed E-state index contributed by atoms with van der Waals surface area (Å²) in [4.78, 5) is 16.9. The highest BCUT2D eigenvalue weighted by Crippen LogP contribution is 2.32. The van der Waals surface area contributed by atoms with Crippen LogP contribution in [-0.2, 0) is 0 Å². The Morgan fingerprint density at radius 3 is 2.19 bits per heavy atom. The third kappa shape index (κ3) is 2.94. The Balaban J connectivity index is 1.27. The van der Waals surface area contributed by atoms with Crippen molar-refractivity contribution in [3.8, 4) is 11.1 Å². The van der Waals surface area contributed by atoms with E-state index in [0.29, 0.717) is 12.1 Å². The molecule has 3 aromatic carbocycles. The summed E-state index contributed by atoms with van der Waals surface area (Å²) < 4.78 is 0. The Morgan fingerprint density at radius 2 is 1.41 bits per heavy atom. The van der Waals surface area contributed by atoms with Gasteiger partial charge >= 0.3 is 0 Å². The number of nitrogens with one attached hydrogen (secondary N) is 4. The van der Waals surface area contributed by atoms with Crippen LogP contribution in [-0.4, -0.2) is 33.0 Å². The fourth-order valence-electron chi connectivity index (χ4n) is 5.38. The summed E-state index contributed by atoms with van der Waals surface area (Å²) in [5, 5.41) is 9.48. The summed E-state index contributed by atoms with van der Waals surface area (Å²) in [6.07, 6.45) is 4.73. The SMILES string of the molecule is c1cc2c(ccc3[nH]c([C@@H]4CCCN4)nc32)cc1-c1ccc2nc([C@@H]3CCCN3)[nH]c2c1. The Hall–Kier alpha value is -3.22. The first kappa shape index (κ1) is 18.4. The zero-order chi connectivity index (χ0) is 21.1. The minimum Gasteiger partial charge on any atom is -0.341 e. The van der Waals surface area contributed by atoms with Gasteiger partial charge in [0.15, 0.2) is 0 Å². The van der Waals surface area contributed by atoms with Gasteiger partial charge in [-0.25, -0.2) is 9.97 Å². The van der Waals surface area contributed by atoms with Gasteiger partial charge in [0.05, 0.1) is 34.2 Å². The van der Waals surface area contributed by atoms with Gasteiger partial charge in [-0.1, -0.05) is 24.3 Å². The fourth-order valence-corrected chi connectivity index (χ4v) is 5.38. The van der Waals surface area contributed by atoms with Crippen molar-refractivity contribution >= 4 is 32.8 Å². The minimum absolute atomic E-state index is 0.349. The average Bonchev–Trinajstić information content (AvgIpc) is 3.62. The van der Waals surface area contributed by atoms with Gasteiger partial charge < -0.3 is 20.6 Å². The number of hydrogen-bond donors (Lipinski definition) is 4. The van der Waals surface area contributed by atoms with E-state index in [4.69, 9.17) is 9.97 Å². The van der Waals surface area contributed by atoms with Gasteiger partial charge in [0.25, 0.3) is 0 Å². The Morgan fingerprint density at radius 1 is 0.688 bits per heavy atom. The number of fused-ring (bicyclic) bond motifs is 4. The molecule has 4 heterocycles. The van der Waals surface area contributed by atoms with Gasteiger partial charge in [0, 0.05) is 5.39 Å². The summed E-state index contributed by atoms with van der Waals surface area (Å²) in [5.41, 5.74) is 6.72. The normalized spacial score (nSPS) is 21.4. The lowest BCUT2D eigenvalue weighted by Crippen LogP contribution is -2.13. The predicted molar refractivity (Wildman–Crippen MR) is 129 cm³/mol. The van der Waals surface area contributed by atoms with E-state index in [1.165, 1.54) is 34.7 Å². The third-order valence-electron chi connectivity index (χ3n) is 7.10. The standard InChI is InChI=1S/C26H26N6/c1-3-21(27-11-1)25-29-19-9-6-16(14-23(19)31-25)15-5-8-18-17(13-15)7-10-20-24(18)32-26(30-20)22-4-2-12-28-22/h5-10,13-14,21-22,27-28H,1-4,11-12H2,(H,29,31)(H,30,32)/t21-,22-/m0/s1. The first-order chi connectivity index (χ1) is 15.8. The average molecular weight is 423 g/mol. The first-order valence-corrected chi connectivity index (χ1v) is 11.7. The van der Waals surface area contributed by atoms with E-state index in [9.17, 15) is 0 Å².